The van der Waals surface area contributed by atoms with Crippen LogP contribution in [-0.4, -0.2) is 74.6 Å². The number of halogens is 1. The Morgan fingerprint density at radius 2 is 1.74 bits per heavy atom. The molecule has 1 aliphatic rings. The molecule has 4 N–H and O–H groups in total. The number of nitrogens with one attached hydrogen (secondary N) is 1. The van der Waals surface area contributed by atoms with Crippen LogP contribution >= 0.6 is 7.82 Å². The summed E-state index contributed by atoms with van der Waals surface area (Å²) in [6.07, 6.45) is -3.64. The van der Waals surface area contributed by atoms with Crippen LogP contribution in [0.15, 0.2) is 23.8 Å². The Hall–Kier alpha value is -3.21. The van der Waals surface area contributed by atoms with Crippen LogP contribution in [0.3, 0.4) is 0 Å². The van der Waals surface area contributed by atoms with E-state index >= 15 is 4.39 Å². The molecule has 1 aliphatic heterocycles. The summed E-state index contributed by atoms with van der Waals surface area (Å²) in [6.45, 7) is 10.4. The number of ether oxygens (including phenoxy) is 3. The standard InChI is InChI=1S/C24H35FN5O11P/c1-8-24(15(31)13(25)18(41-24)30-10-27-14-16(30)28-21(26)29-17(14)32)9-38-42(35,39-11-36-19(33)22(2,3)4)40-12-37-20(34)23(5,6)7/h8,10,13,15,18,31H,1,9,11-12H2,2-7H3,(H3,26,28,29,32). The van der Waals surface area contributed by atoms with Gasteiger partial charge in [0.15, 0.2) is 23.6 Å². The Kier molecular flexibility index (Phi) is 9.66. The number of phosphoric ester groups is 1. The molecule has 2 aromatic heterocycles. The number of hydrogen-bond acceptors (Lipinski definition) is 14. The van der Waals surface area contributed by atoms with Gasteiger partial charge in [0.1, 0.15) is 11.7 Å². The van der Waals surface area contributed by atoms with Crippen molar-refractivity contribution in [3.8, 4) is 0 Å². The fraction of sp³-hybridized carbons (Fsp3) is 0.625. The zero-order chi connectivity index (χ0) is 31.7. The Morgan fingerprint density at radius 3 is 2.24 bits per heavy atom. The third-order valence-electron chi connectivity index (χ3n) is 5.96. The van der Waals surface area contributed by atoms with Crippen LogP contribution in [0, 0.1) is 10.8 Å². The summed E-state index contributed by atoms with van der Waals surface area (Å²) in [4.78, 5) is 46.5. The maximum Gasteiger partial charge on any atom is 0.480 e. The van der Waals surface area contributed by atoms with Crippen LogP contribution in [0.4, 0.5) is 10.3 Å². The Labute approximate surface area is 239 Å². The molecule has 4 atom stereocenters. The third-order valence-corrected chi connectivity index (χ3v) is 7.25. The summed E-state index contributed by atoms with van der Waals surface area (Å²) in [6, 6.07) is 0. The lowest BCUT2D eigenvalue weighted by atomic mass is 9.97. The molecule has 0 saturated carbocycles. The number of esters is 2. The number of aliphatic hydroxyl groups excluding tert-OH is 1. The number of phosphoric acid groups is 1. The fourth-order valence-corrected chi connectivity index (χ4v) is 4.43. The van der Waals surface area contributed by atoms with E-state index in [9.17, 15) is 24.1 Å². The van der Waals surface area contributed by atoms with Crippen molar-refractivity contribution in [2.45, 2.75) is 65.6 Å². The Morgan fingerprint density at radius 1 is 1.19 bits per heavy atom. The van der Waals surface area contributed by atoms with Gasteiger partial charge in [0.05, 0.1) is 23.8 Å². The molecule has 0 radical (unpaired) electrons. The van der Waals surface area contributed by atoms with Crippen LogP contribution in [-0.2, 0) is 41.9 Å². The number of H-pyrrole nitrogens is 1. The van der Waals surface area contributed by atoms with Gasteiger partial charge in [-0.2, -0.15) is 4.98 Å². The number of nitrogen functional groups attached to an aromatic ring is 1. The van der Waals surface area contributed by atoms with Gasteiger partial charge in [-0.1, -0.05) is 6.08 Å². The summed E-state index contributed by atoms with van der Waals surface area (Å²) in [5.41, 5.74) is 0.737. The predicted molar refractivity (Wildman–Crippen MR) is 143 cm³/mol. The normalized spacial score (nSPS) is 23.2. The molecule has 0 aliphatic carbocycles. The van der Waals surface area contributed by atoms with Crippen molar-refractivity contribution in [3.05, 3.63) is 29.3 Å². The number of aromatic nitrogens is 4. The van der Waals surface area contributed by atoms with Gasteiger partial charge >= 0.3 is 19.8 Å². The van der Waals surface area contributed by atoms with Crippen LogP contribution in [0.2, 0.25) is 0 Å². The minimum absolute atomic E-state index is 0.129. The lowest BCUT2D eigenvalue weighted by Gasteiger charge is -2.29. The van der Waals surface area contributed by atoms with E-state index in [2.05, 4.69) is 21.5 Å². The quantitative estimate of drug-likeness (QED) is 0.142. The monoisotopic (exact) mass is 619 g/mol. The highest BCUT2D eigenvalue weighted by Crippen LogP contribution is 2.52. The largest absolute Gasteiger partial charge is 0.480 e. The van der Waals surface area contributed by atoms with Gasteiger partial charge in [-0.05, 0) is 41.5 Å². The van der Waals surface area contributed by atoms with Crippen molar-refractivity contribution in [2.24, 2.45) is 10.8 Å². The number of rotatable bonds is 11. The lowest BCUT2D eigenvalue weighted by Crippen LogP contribution is -2.44. The zero-order valence-electron chi connectivity index (χ0n) is 24.0. The molecule has 1 saturated heterocycles. The second-order valence-electron chi connectivity index (χ2n) is 11.4. The van der Waals surface area contributed by atoms with E-state index in [4.69, 9.17) is 33.5 Å². The number of anilines is 1. The van der Waals surface area contributed by atoms with Gasteiger partial charge in [-0.25, -0.2) is 23.0 Å². The van der Waals surface area contributed by atoms with Gasteiger partial charge in [0.25, 0.3) is 5.56 Å². The molecule has 16 nitrogen and oxygen atoms in total. The van der Waals surface area contributed by atoms with E-state index in [1.54, 1.807) is 41.5 Å². The number of carbonyl (C=O) groups is 2. The number of hydrogen-bond donors (Lipinski definition) is 3. The molecule has 0 bridgehead atoms. The average Bonchev–Trinajstić information content (AvgIpc) is 3.41. The smallest absolute Gasteiger partial charge is 0.437 e. The molecule has 0 spiro atoms. The number of nitrogens with two attached hydrogens (primary N) is 1. The van der Waals surface area contributed by atoms with Crippen molar-refractivity contribution >= 4 is 36.9 Å². The summed E-state index contributed by atoms with van der Waals surface area (Å²) in [5.74, 6) is -1.67. The molecule has 0 amide bonds. The number of aromatic amines is 1. The second kappa shape index (κ2) is 12.2. The number of fused-ring (bicyclic) bond motifs is 1. The van der Waals surface area contributed by atoms with Crippen molar-refractivity contribution in [3.63, 3.8) is 0 Å². The molecule has 42 heavy (non-hydrogen) atoms. The number of carbonyl (C=O) groups excluding carboxylic acids is 2. The number of aliphatic hydroxyl groups is 1. The molecular weight excluding hydrogens is 584 g/mol. The molecule has 3 rings (SSSR count). The first-order chi connectivity index (χ1) is 19.3. The Balaban J connectivity index is 1.82. The van der Waals surface area contributed by atoms with Gasteiger partial charge in [0, 0.05) is 0 Å². The van der Waals surface area contributed by atoms with Gasteiger partial charge < -0.3 is 25.1 Å². The number of nitrogens with zero attached hydrogens (tertiary/aromatic N) is 3. The molecule has 234 valence electrons. The van der Waals surface area contributed by atoms with Crippen molar-refractivity contribution < 1.29 is 51.4 Å². The average molecular weight is 620 g/mol. The first-order valence-electron chi connectivity index (χ1n) is 12.6. The highest BCUT2D eigenvalue weighted by atomic mass is 31.2. The first-order valence-corrected chi connectivity index (χ1v) is 14.0. The maximum atomic E-state index is 15.5. The summed E-state index contributed by atoms with van der Waals surface area (Å²) >= 11 is 0. The van der Waals surface area contributed by atoms with Crippen LogP contribution in [0.5, 0.6) is 0 Å². The van der Waals surface area contributed by atoms with Crippen molar-refractivity contribution in [2.75, 3.05) is 25.9 Å². The van der Waals surface area contributed by atoms with E-state index in [0.29, 0.717) is 0 Å². The van der Waals surface area contributed by atoms with Gasteiger partial charge in [-0.15, -0.1) is 6.58 Å². The third kappa shape index (κ3) is 7.22. The number of alkyl halides is 1. The van der Waals surface area contributed by atoms with E-state index in [-0.39, 0.29) is 17.1 Å². The SMILES string of the molecule is C=CC1(COP(=O)(OCOC(=O)C(C)(C)C)OCOC(=O)C(C)(C)C)OC(n2cnc3c(=O)[nH]c(N)nc32)C(F)C1O. The van der Waals surface area contributed by atoms with Crippen LogP contribution < -0.4 is 11.3 Å². The minimum Gasteiger partial charge on any atom is -0.437 e. The summed E-state index contributed by atoms with van der Waals surface area (Å²) in [7, 11) is -4.73. The lowest BCUT2D eigenvalue weighted by molar-refractivity contribution is -0.164. The molecule has 18 heteroatoms. The Bertz CT molecular complexity index is 1400. The van der Waals surface area contributed by atoms with Crippen molar-refractivity contribution in [1.82, 2.24) is 19.5 Å². The van der Waals surface area contributed by atoms with Gasteiger partial charge in [0.2, 0.25) is 19.5 Å². The van der Waals surface area contributed by atoms with Gasteiger partial charge in [-0.3, -0.25) is 28.5 Å². The predicted octanol–water partition coefficient (Wildman–Crippen LogP) is 2.11. The molecular formula is C24H35FN5O11P. The molecule has 3 heterocycles. The zero-order valence-corrected chi connectivity index (χ0v) is 24.9. The van der Waals surface area contributed by atoms with E-state index in [1.165, 1.54) is 0 Å². The van der Waals surface area contributed by atoms with Crippen LogP contribution in [0.25, 0.3) is 11.2 Å². The molecule has 1 fully saturated rings. The maximum absolute atomic E-state index is 15.5. The number of imidazole rings is 1. The molecule has 2 aromatic rings. The summed E-state index contributed by atoms with van der Waals surface area (Å²) < 4.78 is 61.2. The highest BCUT2D eigenvalue weighted by molar-refractivity contribution is 7.48. The molecule has 4 unspecified atom stereocenters. The highest BCUT2D eigenvalue weighted by Gasteiger charge is 2.56. The van der Waals surface area contributed by atoms with E-state index in [0.717, 1.165) is 17.0 Å². The second-order valence-corrected chi connectivity index (χ2v) is 13.1. The van der Waals surface area contributed by atoms with Crippen LogP contribution in [0.1, 0.15) is 47.8 Å². The first kappa shape index (κ1) is 33.3. The fourth-order valence-electron chi connectivity index (χ4n) is 3.49. The summed E-state index contributed by atoms with van der Waals surface area (Å²) in [5, 5.41) is 10.8. The minimum atomic E-state index is -4.73. The van der Waals surface area contributed by atoms with E-state index in [1.807, 2.05) is 0 Å². The molecule has 0 aromatic carbocycles. The topological polar surface area (TPSA) is 216 Å². The van der Waals surface area contributed by atoms with Crippen molar-refractivity contribution in [1.29, 1.82) is 0 Å². The van der Waals surface area contributed by atoms with E-state index < -0.39 is 80.4 Å².